The van der Waals surface area contributed by atoms with Crippen molar-refractivity contribution in [2.45, 2.75) is 32.7 Å². The van der Waals surface area contributed by atoms with Gasteiger partial charge in [-0.2, -0.15) is 0 Å². The molecule has 0 radical (unpaired) electrons. The monoisotopic (exact) mass is 467 g/mol. The van der Waals surface area contributed by atoms with Gasteiger partial charge in [-0.15, -0.1) is 0 Å². The first-order chi connectivity index (χ1) is 15.7. The molecule has 0 saturated heterocycles. The molecule has 0 atom stereocenters. The van der Waals surface area contributed by atoms with Gasteiger partial charge in [-0.3, -0.25) is 9.78 Å². The predicted octanol–water partition coefficient (Wildman–Crippen LogP) is 4.79. The molecule has 4 rings (SSSR count). The van der Waals surface area contributed by atoms with Crippen molar-refractivity contribution in [1.29, 1.82) is 0 Å². The van der Waals surface area contributed by atoms with Crippen LogP contribution in [0.4, 0.5) is 11.4 Å². The Labute approximate surface area is 199 Å². The van der Waals surface area contributed by atoms with Crippen LogP contribution in [0.15, 0.2) is 36.7 Å². The highest BCUT2D eigenvalue weighted by Gasteiger charge is 2.29. The molecule has 33 heavy (non-hydrogen) atoms. The van der Waals surface area contributed by atoms with Crippen LogP contribution in [-0.2, 0) is 6.42 Å². The number of carbonyl (C=O) groups is 1. The topological polar surface area (TPSA) is 82.3 Å². The van der Waals surface area contributed by atoms with E-state index in [4.69, 9.17) is 16.3 Å². The number of H-pyrrole nitrogens is 1. The van der Waals surface area contributed by atoms with Crippen molar-refractivity contribution in [2.24, 2.45) is 0 Å². The number of ether oxygens (including phenoxy) is 1. The van der Waals surface area contributed by atoms with Gasteiger partial charge in [0.05, 0.1) is 23.1 Å². The van der Waals surface area contributed by atoms with Crippen molar-refractivity contribution in [3.05, 3.63) is 58.5 Å². The number of pyridine rings is 1. The van der Waals surface area contributed by atoms with Gasteiger partial charge in [0, 0.05) is 46.7 Å². The number of aromatic nitrogens is 2. The number of anilines is 2. The zero-order chi connectivity index (χ0) is 23.8. The molecule has 0 unspecified atom stereocenters. The van der Waals surface area contributed by atoms with E-state index in [1.54, 1.807) is 12.4 Å². The van der Waals surface area contributed by atoms with Crippen LogP contribution in [0.5, 0.6) is 5.75 Å². The van der Waals surface area contributed by atoms with E-state index in [1.807, 2.05) is 45.3 Å². The molecule has 0 bridgehead atoms. The maximum atomic E-state index is 12.9. The van der Waals surface area contributed by atoms with E-state index in [9.17, 15) is 4.79 Å². The number of carbonyl (C=O) groups excluding carboxylic acids is 1. The highest BCUT2D eigenvalue weighted by molar-refractivity contribution is 6.31. The van der Waals surface area contributed by atoms with Gasteiger partial charge in [-0.25, -0.2) is 0 Å². The number of fused-ring (bicyclic) bond motifs is 1. The Bertz CT molecular complexity index is 1190. The second kappa shape index (κ2) is 9.08. The molecule has 1 aromatic carbocycles. The average Bonchev–Trinajstić information content (AvgIpc) is 3.15. The third kappa shape index (κ3) is 4.56. The fourth-order valence-electron chi connectivity index (χ4n) is 3.67. The molecule has 174 valence electrons. The number of aromatic amines is 1. The molecule has 0 saturated carbocycles. The molecule has 3 heterocycles. The van der Waals surface area contributed by atoms with E-state index in [1.165, 1.54) is 0 Å². The Hall–Kier alpha value is -3.03. The summed E-state index contributed by atoms with van der Waals surface area (Å²) in [5.74, 6) is 0.545. The zero-order valence-corrected chi connectivity index (χ0v) is 20.4. The molecule has 3 N–H and O–H groups in total. The molecular weight excluding hydrogens is 438 g/mol. The van der Waals surface area contributed by atoms with Crippen LogP contribution in [0.3, 0.4) is 0 Å². The van der Waals surface area contributed by atoms with Crippen LogP contribution < -0.4 is 15.4 Å². The summed E-state index contributed by atoms with van der Waals surface area (Å²) in [6, 6.07) is 7.60. The van der Waals surface area contributed by atoms with Gasteiger partial charge in [-0.05, 0) is 58.6 Å². The maximum absolute atomic E-state index is 12.9. The van der Waals surface area contributed by atoms with Crippen molar-refractivity contribution in [3.8, 4) is 17.0 Å². The largest absolute Gasteiger partial charge is 0.489 e. The van der Waals surface area contributed by atoms with E-state index in [0.717, 1.165) is 34.6 Å². The number of benzene rings is 1. The minimum absolute atomic E-state index is 0.105. The number of nitrogens with one attached hydrogen (secondary N) is 3. The fourth-order valence-corrected chi connectivity index (χ4v) is 3.84. The van der Waals surface area contributed by atoms with Crippen LogP contribution in [0.25, 0.3) is 11.3 Å². The number of amides is 1. The van der Waals surface area contributed by atoms with Crippen molar-refractivity contribution >= 4 is 28.9 Å². The molecule has 1 aliphatic heterocycles. The Morgan fingerprint density at radius 1 is 1.27 bits per heavy atom. The smallest absolute Gasteiger partial charge is 0.255 e. The lowest BCUT2D eigenvalue weighted by Gasteiger charge is -2.32. The zero-order valence-electron chi connectivity index (χ0n) is 19.7. The first-order valence-corrected chi connectivity index (χ1v) is 11.4. The van der Waals surface area contributed by atoms with E-state index in [-0.39, 0.29) is 11.4 Å². The molecule has 1 amide bonds. The normalized spacial score (nSPS) is 13.6. The molecule has 0 fully saturated rings. The number of likely N-dealkylation sites (N-methyl/N-ethyl adjacent to an activating group) is 1. The quantitative estimate of drug-likeness (QED) is 0.465. The number of rotatable bonds is 7. The predicted molar refractivity (Wildman–Crippen MR) is 133 cm³/mol. The number of hydrogen-bond acceptors (Lipinski definition) is 5. The summed E-state index contributed by atoms with van der Waals surface area (Å²) in [5, 5.41) is 7.09. The molecular formula is C25H30ClN5O2. The van der Waals surface area contributed by atoms with E-state index in [0.29, 0.717) is 35.2 Å². The third-order valence-electron chi connectivity index (χ3n) is 6.34. The van der Waals surface area contributed by atoms with Crippen LogP contribution >= 0.6 is 11.6 Å². The van der Waals surface area contributed by atoms with Gasteiger partial charge in [0.2, 0.25) is 0 Å². The highest BCUT2D eigenvalue weighted by atomic mass is 35.5. The van der Waals surface area contributed by atoms with Crippen molar-refractivity contribution in [3.63, 3.8) is 0 Å². The standard InChI is InChI=1S/C25H30ClN5O2/c1-15-17(26)7-6-8-18(15)29-23-21-19(10-12-28-24(21)32)30-22(23)16-9-11-27-13-20(16)33-14-25(2,3)31(4)5/h6-9,11,13,29-30H,10,12,14H2,1-5H3,(H,28,32). The van der Waals surface area contributed by atoms with Crippen LogP contribution in [0.2, 0.25) is 5.02 Å². The Kier molecular flexibility index (Phi) is 6.36. The van der Waals surface area contributed by atoms with Crippen molar-refractivity contribution in [1.82, 2.24) is 20.2 Å². The lowest BCUT2D eigenvalue weighted by Crippen LogP contribution is -2.43. The van der Waals surface area contributed by atoms with Gasteiger partial charge in [0.15, 0.2) is 0 Å². The second-order valence-corrected chi connectivity index (χ2v) is 9.55. The number of hydrogen-bond donors (Lipinski definition) is 3. The van der Waals surface area contributed by atoms with Gasteiger partial charge in [0.25, 0.3) is 5.91 Å². The van der Waals surface area contributed by atoms with E-state index < -0.39 is 0 Å². The first-order valence-electron chi connectivity index (χ1n) is 11.0. The summed E-state index contributed by atoms with van der Waals surface area (Å²) >= 11 is 6.36. The molecule has 0 aliphatic carbocycles. The van der Waals surface area contributed by atoms with E-state index >= 15 is 0 Å². The number of halogens is 1. The SMILES string of the molecule is Cc1c(Cl)cccc1Nc1c(-c2ccncc2OCC(C)(C)N(C)C)[nH]c2c1C(=O)NCC2. The van der Waals surface area contributed by atoms with Crippen molar-refractivity contribution < 1.29 is 9.53 Å². The Balaban J connectivity index is 1.81. The lowest BCUT2D eigenvalue weighted by molar-refractivity contribution is 0.0947. The Morgan fingerprint density at radius 2 is 2.06 bits per heavy atom. The Morgan fingerprint density at radius 3 is 2.82 bits per heavy atom. The minimum atomic E-state index is -0.166. The average molecular weight is 468 g/mol. The van der Waals surface area contributed by atoms with Gasteiger partial charge in [-0.1, -0.05) is 17.7 Å². The van der Waals surface area contributed by atoms with Gasteiger partial charge in [0.1, 0.15) is 12.4 Å². The van der Waals surface area contributed by atoms with Gasteiger partial charge >= 0.3 is 0 Å². The highest BCUT2D eigenvalue weighted by Crippen LogP contribution is 2.41. The minimum Gasteiger partial charge on any atom is -0.489 e. The summed E-state index contributed by atoms with van der Waals surface area (Å²) < 4.78 is 6.25. The van der Waals surface area contributed by atoms with Gasteiger partial charge < -0.3 is 25.3 Å². The molecule has 7 nitrogen and oxygen atoms in total. The maximum Gasteiger partial charge on any atom is 0.255 e. The molecule has 3 aromatic rings. The van der Waals surface area contributed by atoms with Crippen LogP contribution in [-0.4, -0.2) is 53.6 Å². The number of nitrogens with zero attached hydrogens (tertiary/aromatic N) is 2. The molecule has 2 aromatic heterocycles. The second-order valence-electron chi connectivity index (χ2n) is 9.14. The summed E-state index contributed by atoms with van der Waals surface area (Å²) in [5.41, 5.74) is 5.43. The van der Waals surface area contributed by atoms with Crippen molar-refractivity contribution in [2.75, 3.05) is 32.6 Å². The van der Waals surface area contributed by atoms with E-state index in [2.05, 4.69) is 39.3 Å². The van der Waals surface area contributed by atoms with Crippen LogP contribution in [0.1, 0.15) is 35.5 Å². The summed E-state index contributed by atoms with van der Waals surface area (Å²) in [6.45, 7) is 7.27. The molecule has 1 aliphatic rings. The third-order valence-corrected chi connectivity index (χ3v) is 6.75. The molecule has 8 heteroatoms. The molecule has 0 spiro atoms. The summed E-state index contributed by atoms with van der Waals surface area (Å²) in [7, 11) is 4.06. The summed E-state index contributed by atoms with van der Waals surface area (Å²) in [4.78, 5) is 22.8. The van der Waals surface area contributed by atoms with Crippen LogP contribution in [0, 0.1) is 6.92 Å². The first kappa shape index (κ1) is 23.1. The summed E-state index contributed by atoms with van der Waals surface area (Å²) in [6.07, 6.45) is 4.17. The lowest BCUT2D eigenvalue weighted by atomic mass is 10.0. The fraction of sp³-hybridized carbons (Fsp3) is 0.360.